The minimum atomic E-state index is -0.181. The van der Waals surface area contributed by atoms with Gasteiger partial charge < -0.3 is 25.8 Å². The number of rotatable bonds is 1. The molecule has 2 aliphatic heterocycles. The number of aliphatic hydroxyl groups excluding tert-OH is 1. The van der Waals surface area contributed by atoms with Gasteiger partial charge in [0.1, 0.15) is 5.76 Å². The average Bonchev–Trinajstić information content (AvgIpc) is 3.33. The largest absolute Gasteiger partial charge is 0.508 e. The Balaban J connectivity index is 1.34. The summed E-state index contributed by atoms with van der Waals surface area (Å²) in [5, 5.41) is 10.9. The first-order chi connectivity index (χ1) is 15.0. The highest BCUT2D eigenvalue weighted by molar-refractivity contribution is 5.85. The van der Waals surface area contributed by atoms with Crippen LogP contribution in [0.4, 0.5) is 0 Å². The van der Waals surface area contributed by atoms with Crippen LogP contribution in [0.25, 0.3) is 0 Å². The number of fused-ring (bicyclic) bond motifs is 4. The van der Waals surface area contributed by atoms with E-state index in [1.807, 2.05) is 6.08 Å². The van der Waals surface area contributed by atoms with Crippen molar-refractivity contribution in [2.24, 2.45) is 11.3 Å². The number of nitrogens with zero attached hydrogens (tertiary/aromatic N) is 2. The molecule has 3 N–H and O–H groups in total. The van der Waals surface area contributed by atoms with E-state index in [9.17, 15) is 9.90 Å². The molecule has 1 amide bonds. The molecule has 0 radical (unpaired) electrons. The number of nitrogens with one attached hydrogen (secondary N) is 2. The lowest BCUT2D eigenvalue weighted by Crippen LogP contribution is -2.49. The maximum Gasteiger partial charge on any atom is 0.230 e. The van der Waals surface area contributed by atoms with Crippen molar-refractivity contribution in [2.75, 3.05) is 33.2 Å². The van der Waals surface area contributed by atoms with Gasteiger partial charge in [0.25, 0.3) is 0 Å². The molecule has 0 aromatic heterocycles. The molecule has 6 heteroatoms. The summed E-state index contributed by atoms with van der Waals surface area (Å²) in [7, 11) is 2.12. The molecule has 0 aromatic rings. The highest BCUT2D eigenvalue weighted by atomic mass is 16.3. The average molecular weight is 421 g/mol. The van der Waals surface area contributed by atoms with Crippen molar-refractivity contribution in [3.63, 3.8) is 0 Å². The molecule has 6 aliphatic rings. The molecule has 2 atom stereocenters. The molecule has 6 rings (SSSR count). The standard InChI is InChI=1S/C25H32N4O2/c1-25-8-4-3-5-19(25)20(30)14-18-17-13-15-6-7-16(21(15)22(17)26-27-23(18)25)24(31)29-11-9-28(2)10-12-29/h5,14,16,26-27,30H,3-4,6-13H2,1-2H3. The van der Waals surface area contributed by atoms with Gasteiger partial charge in [0.15, 0.2) is 0 Å². The number of allylic oxidation sites excluding steroid dienone is 8. The minimum Gasteiger partial charge on any atom is -0.508 e. The van der Waals surface area contributed by atoms with Crippen LogP contribution in [0.3, 0.4) is 0 Å². The smallest absolute Gasteiger partial charge is 0.230 e. The number of hydrogen-bond acceptors (Lipinski definition) is 5. The molecule has 2 heterocycles. The van der Waals surface area contributed by atoms with E-state index in [4.69, 9.17) is 0 Å². The van der Waals surface area contributed by atoms with Crippen LogP contribution >= 0.6 is 0 Å². The zero-order valence-electron chi connectivity index (χ0n) is 18.6. The number of aliphatic hydroxyl groups is 1. The van der Waals surface area contributed by atoms with E-state index in [-0.39, 0.29) is 11.3 Å². The van der Waals surface area contributed by atoms with E-state index in [0.29, 0.717) is 11.7 Å². The lowest BCUT2D eigenvalue weighted by molar-refractivity contribution is -0.135. The van der Waals surface area contributed by atoms with Crippen molar-refractivity contribution in [1.82, 2.24) is 20.7 Å². The van der Waals surface area contributed by atoms with Crippen LogP contribution in [0.15, 0.2) is 57.2 Å². The summed E-state index contributed by atoms with van der Waals surface area (Å²) in [6.07, 6.45) is 10.2. The normalized spacial score (nSPS) is 32.6. The van der Waals surface area contributed by atoms with Crippen LogP contribution in [-0.4, -0.2) is 54.0 Å². The van der Waals surface area contributed by atoms with Gasteiger partial charge in [-0.25, -0.2) is 0 Å². The third-order valence-electron chi connectivity index (χ3n) is 8.38. The van der Waals surface area contributed by atoms with Crippen molar-refractivity contribution < 1.29 is 9.90 Å². The van der Waals surface area contributed by atoms with Crippen molar-refractivity contribution in [1.29, 1.82) is 0 Å². The third-order valence-corrected chi connectivity index (χ3v) is 8.38. The van der Waals surface area contributed by atoms with Crippen LogP contribution in [0, 0.1) is 11.3 Å². The first kappa shape index (κ1) is 19.2. The maximum atomic E-state index is 13.4. The molecule has 6 nitrogen and oxygen atoms in total. The Morgan fingerprint density at radius 2 is 2.03 bits per heavy atom. The lowest BCUT2D eigenvalue weighted by atomic mass is 9.66. The minimum absolute atomic E-state index is 0.0377. The molecule has 31 heavy (non-hydrogen) atoms. The molecule has 164 valence electrons. The molecule has 1 saturated heterocycles. The van der Waals surface area contributed by atoms with E-state index < -0.39 is 0 Å². The van der Waals surface area contributed by atoms with Crippen molar-refractivity contribution in [3.05, 3.63) is 57.2 Å². The summed E-state index contributed by atoms with van der Waals surface area (Å²) in [5.74, 6) is 0.665. The van der Waals surface area contributed by atoms with Crippen LogP contribution in [0.1, 0.15) is 45.4 Å². The second-order valence-electron chi connectivity index (χ2n) is 10.2. The summed E-state index contributed by atoms with van der Waals surface area (Å²) in [6.45, 7) is 5.79. The van der Waals surface area contributed by atoms with E-state index in [1.54, 1.807) is 0 Å². The Bertz CT molecular complexity index is 1020. The Morgan fingerprint density at radius 1 is 1.23 bits per heavy atom. The monoisotopic (exact) mass is 420 g/mol. The molecule has 1 fully saturated rings. The first-order valence-corrected chi connectivity index (χ1v) is 11.8. The zero-order chi connectivity index (χ0) is 21.3. The molecule has 2 unspecified atom stereocenters. The maximum absolute atomic E-state index is 13.4. The Kier molecular flexibility index (Phi) is 4.20. The number of piperazine rings is 1. The molecule has 0 spiro atoms. The summed E-state index contributed by atoms with van der Waals surface area (Å²) in [5.41, 5.74) is 15.2. The van der Waals surface area contributed by atoms with E-state index in [1.165, 1.54) is 22.4 Å². The van der Waals surface area contributed by atoms with Gasteiger partial charge in [-0.15, -0.1) is 0 Å². The fourth-order valence-corrected chi connectivity index (χ4v) is 6.57. The Hall–Kier alpha value is -2.47. The zero-order valence-corrected chi connectivity index (χ0v) is 18.6. The fourth-order valence-electron chi connectivity index (χ4n) is 6.57. The van der Waals surface area contributed by atoms with Crippen molar-refractivity contribution in [2.45, 2.75) is 45.4 Å². The molecule has 0 bridgehead atoms. The third kappa shape index (κ3) is 2.70. The second-order valence-corrected chi connectivity index (χ2v) is 10.2. The van der Waals surface area contributed by atoms with Gasteiger partial charge in [0, 0.05) is 48.4 Å². The predicted octanol–water partition coefficient (Wildman–Crippen LogP) is 3.06. The van der Waals surface area contributed by atoms with Gasteiger partial charge in [-0.3, -0.25) is 4.79 Å². The van der Waals surface area contributed by atoms with E-state index >= 15 is 0 Å². The van der Waals surface area contributed by atoms with Gasteiger partial charge in [0.2, 0.25) is 5.91 Å². The summed E-state index contributed by atoms with van der Waals surface area (Å²) in [4.78, 5) is 17.8. The number of likely N-dealkylation sites (N-methyl/N-ethyl adjacent to an activating group) is 1. The lowest BCUT2D eigenvalue weighted by Gasteiger charge is -2.44. The summed E-state index contributed by atoms with van der Waals surface area (Å²) < 4.78 is 0. The quantitative estimate of drug-likeness (QED) is 0.608. The summed E-state index contributed by atoms with van der Waals surface area (Å²) in [6, 6.07) is 0. The SMILES string of the molecule is CN1CCN(C(=O)C2CCC3=C2C2=C(C3)C3=C(NN2)C2(C)CCCC=C2C(O)=C3)CC1. The number of carbonyl (C=O) groups is 1. The Labute approximate surface area is 184 Å². The number of hydrogen-bond donors (Lipinski definition) is 3. The second kappa shape index (κ2) is 6.76. The Morgan fingerprint density at radius 3 is 2.84 bits per heavy atom. The molecule has 0 aromatic carbocycles. The van der Waals surface area contributed by atoms with Gasteiger partial charge in [-0.2, -0.15) is 0 Å². The molecular formula is C25H32N4O2. The molecule has 4 aliphatic carbocycles. The van der Waals surface area contributed by atoms with Gasteiger partial charge in [0.05, 0.1) is 11.6 Å². The predicted molar refractivity (Wildman–Crippen MR) is 120 cm³/mol. The number of carbonyl (C=O) groups excluding carboxylic acids is 1. The van der Waals surface area contributed by atoms with Gasteiger partial charge in [-0.1, -0.05) is 11.6 Å². The highest BCUT2D eigenvalue weighted by Crippen LogP contribution is 2.55. The van der Waals surface area contributed by atoms with Crippen LogP contribution in [0.2, 0.25) is 0 Å². The summed E-state index contributed by atoms with van der Waals surface area (Å²) >= 11 is 0. The topological polar surface area (TPSA) is 67.8 Å². The van der Waals surface area contributed by atoms with Gasteiger partial charge in [-0.05, 0) is 69.7 Å². The van der Waals surface area contributed by atoms with Crippen LogP contribution in [0.5, 0.6) is 0 Å². The van der Waals surface area contributed by atoms with Crippen LogP contribution in [-0.2, 0) is 4.79 Å². The first-order valence-electron chi connectivity index (χ1n) is 11.8. The van der Waals surface area contributed by atoms with Crippen molar-refractivity contribution >= 4 is 5.91 Å². The van der Waals surface area contributed by atoms with Gasteiger partial charge >= 0.3 is 0 Å². The number of amides is 1. The van der Waals surface area contributed by atoms with E-state index in [0.717, 1.165) is 81.5 Å². The van der Waals surface area contributed by atoms with Crippen molar-refractivity contribution in [3.8, 4) is 0 Å². The molecule has 0 saturated carbocycles. The fraction of sp³-hybridized carbons (Fsp3) is 0.560. The molecular weight excluding hydrogens is 388 g/mol. The number of hydrazine groups is 1. The van der Waals surface area contributed by atoms with E-state index in [2.05, 4.69) is 40.7 Å². The highest BCUT2D eigenvalue weighted by Gasteiger charge is 2.47. The van der Waals surface area contributed by atoms with Crippen LogP contribution < -0.4 is 10.9 Å².